The van der Waals surface area contributed by atoms with Crippen LogP contribution in [0.15, 0.2) is 42.5 Å². The number of rotatable bonds is 3. The average Bonchev–Trinajstić information content (AvgIpc) is 2.29. The first-order valence-electron chi connectivity index (χ1n) is 5.07. The van der Waals surface area contributed by atoms with Crippen molar-refractivity contribution in [2.75, 3.05) is 0 Å². The fourth-order valence-electron chi connectivity index (χ4n) is 1.71. The standard InChI is InChI=1S/C13H11Cl2NO/c14-11-3-1-2-9(6-11)13-5-4-12(15)7-10(13)8-17-16/h1-7H,8,16H2. The van der Waals surface area contributed by atoms with Gasteiger partial charge in [0.1, 0.15) is 0 Å². The molecule has 2 aromatic carbocycles. The average molecular weight is 268 g/mol. The molecule has 0 bridgehead atoms. The molecule has 0 aliphatic rings. The van der Waals surface area contributed by atoms with E-state index in [2.05, 4.69) is 4.84 Å². The van der Waals surface area contributed by atoms with Gasteiger partial charge >= 0.3 is 0 Å². The molecule has 0 radical (unpaired) electrons. The number of hydrogen-bond acceptors (Lipinski definition) is 2. The Kier molecular flexibility index (Phi) is 4.02. The van der Waals surface area contributed by atoms with Crippen LogP contribution in [0.2, 0.25) is 10.0 Å². The fraction of sp³-hybridized carbons (Fsp3) is 0.0769. The lowest BCUT2D eigenvalue weighted by Gasteiger charge is -2.09. The van der Waals surface area contributed by atoms with E-state index in [0.717, 1.165) is 16.7 Å². The van der Waals surface area contributed by atoms with Crippen LogP contribution in [0, 0.1) is 0 Å². The van der Waals surface area contributed by atoms with Gasteiger partial charge in [0, 0.05) is 10.0 Å². The molecule has 0 saturated carbocycles. The number of hydrogen-bond donors (Lipinski definition) is 1. The Balaban J connectivity index is 2.50. The second-order valence-electron chi connectivity index (χ2n) is 3.62. The molecule has 2 N–H and O–H groups in total. The molecule has 0 aliphatic heterocycles. The Bertz CT molecular complexity index is 529. The normalized spacial score (nSPS) is 10.5. The molecule has 88 valence electrons. The molecule has 2 nitrogen and oxygen atoms in total. The van der Waals surface area contributed by atoms with Crippen LogP contribution in [0.4, 0.5) is 0 Å². The number of halogens is 2. The lowest BCUT2D eigenvalue weighted by atomic mass is 10.0. The van der Waals surface area contributed by atoms with Gasteiger partial charge in [-0.3, -0.25) is 4.84 Å². The van der Waals surface area contributed by atoms with Crippen LogP contribution in [0.3, 0.4) is 0 Å². The first-order chi connectivity index (χ1) is 8.20. The van der Waals surface area contributed by atoms with E-state index < -0.39 is 0 Å². The van der Waals surface area contributed by atoms with E-state index in [9.17, 15) is 0 Å². The van der Waals surface area contributed by atoms with Crippen LogP contribution in [-0.4, -0.2) is 0 Å². The third-order valence-corrected chi connectivity index (χ3v) is 2.91. The Morgan fingerprint density at radius 1 is 1.00 bits per heavy atom. The molecule has 0 aliphatic carbocycles. The van der Waals surface area contributed by atoms with E-state index in [1.165, 1.54) is 0 Å². The van der Waals surface area contributed by atoms with E-state index in [-0.39, 0.29) is 0 Å². The molecule has 0 heterocycles. The summed E-state index contributed by atoms with van der Waals surface area (Å²) in [4.78, 5) is 4.68. The highest BCUT2D eigenvalue weighted by Gasteiger charge is 2.06. The van der Waals surface area contributed by atoms with Gasteiger partial charge in [-0.1, -0.05) is 41.4 Å². The van der Waals surface area contributed by atoms with Crippen molar-refractivity contribution in [3.05, 3.63) is 58.1 Å². The molecule has 2 aromatic rings. The predicted octanol–water partition coefficient (Wildman–Crippen LogP) is 4.05. The topological polar surface area (TPSA) is 35.2 Å². The zero-order chi connectivity index (χ0) is 12.3. The quantitative estimate of drug-likeness (QED) is 0.852. The summed E-state index contributed by atoms with van der Waals surface area (Å²) in [6.45, 7) is 0.308. The summed E-state index contributed by atoms with van der Waals surface area (Å²) in [6, 6.07) is 13.2. The minimum Gasteiger partial charge on any atom is -0.300 e. The first-order valence-corrected chi connectivity index (χ1v) is 5.82. The first kappa shape index (κ1) is 12.4. The van der Waals surface area contributed by atoms with E-state index in [1.807, 2.05) is 42.5 Å². The minimum atomic E-state index is 0.308. The molecule has 0 unspecified atom stereocenters. The van der Waals surface area contributed by atoms with Gasteiger partial charge < -0.3 is 0 Å². The van der Waals surface area contributed by atoms with Crippen LogP contribution in [0.25, 0.3) is 11.1 Å². The van der Waals surface area contributed by atoms with E-state index in [0.29, 0.717) is 16.7 Å². The number of benzene rings is 2. The molecule has 4 heteroatoms. The van der Waals surface area contributed by atoms with Gasteiger partial charge in [0.2, 0.25) is 0 Å². The van der Waals surface area contributed by atoms with Gasteiger partial charge in [-0.25, -0.2) is 5.90 Å². The number of nitrogens with two attached hydrogens (primary N) is 1. The molecule has 0 spiro atoms. The summed E-state index contributed by atoms with van der Waals surface area (Å²) in [7, 11) is 0. The van der Waals surface area contributed by atoms with Crippen molar-refractivity contribution in [2.45, 2.75) is 6.61 Å². The summed E-state index contributed by atoms with van der Waals surface area (Å²) in [5, 5.41) is 1.35. The molecule has 17 heavy (non-hydrogen) atoms. The third kappa shape index (κ3) is 2.99. The summed E-state index contributed by atoms with van der Waals surface area (Å²) in [6.07, 6.45) is 0. The molecule has 0 fully saturated rings. The van der Waals surface area contributed by atoms with Crippen molar-refractivity contribution >= 4 is 23.2 Å². The third-order valence-electron chi connectivity index (χ3n) is 2.44. The van der Waals surface area contributed by atoms with Crippen LogP contribution < -0.4 is 5.90 Å². The SMILES string of the molecule is NOCc1cc(Cl)ccc1-c1cccc(Cl)c1. The molecule has 0 atom stereocenters. The van der Waals surface area contributed by atoms with Crippen LogP contribution in [0.5, 0.6) is 0 Å². The summed E-state index contributed by atoms with van der Waals surface area (Å²) in [5.74, 6) is 5.12. The Hall–Kier alpha value is -1.06. The maximum atomic E-state index is 5.97. The van der Waals surface area contributed by atoms with Gasteiger partial charge in [-0.2, -0.15) is 0 Å². The monoisotopic (exact) mass is 267 g/mol. The van der Waals surface area contributed by atoms with Crippen LogP contribution >= 0.6 is 23.2 Å². The highest BCUT2D eigenvalue weighted by atomic mass is 35.5. The smallest absolute Gasteiger partial charge is 0.0936 e. The minimum absolute atomic E-state index is 0.308. The van der Waals surface area contributed by atoms with E-state index in [4.69, 9.17) is 29.1 Å². The molecule has 0 saturated heterocycles. The summed E-state index contributed by atoms with van der Waals surface area (Å²) in [5.41, 5.74) is 2.96. The second kappa shape index (κ2) is 5.52. The zero-order valence-electron chi connectivity index (χ0n) is 8.99. The second-order valence-corrected chi connectivity index (χ2v) is 4.50. The van der Waals surface area contributed by atoms with Gasteiger partial charge in [0.15, 0.2) is 0 Å². The van der Waals surface area contributed by atoms with Gasteiger partial charge in [0.05, 0.1) is 6.61 Å². The molecule has 2 rings (SSSR count). The Morgan fingerprint density at radius 2 is 1.76 bits per heavy atom. The maximum Gasteiger partial charge on any atom is 0.0936 e. The van der Waals surface area contributed by atoms with Gasteiger partial charge in [-0.15, -0.1) is 0 Å². The molecular formula is C13H11Cl2NO. The van der Waals surface area contributed by atoms with E-state index >= 15 is 0 Å². The summed E-state index contributed by atoms with van der Waals surface area (Å²) >= 11 is 11.9. The van der Waals surface area contributed by atoms with E-state index in [1.54, 1.807) is 0 Å². The largest absolute Gasteiger partial charge is 0.300 e. The maximum absolute atomic E-state index is 5.97. The lowest BCUT2D eigenvalue weighted by molar-refractivity contribution is 0.124. The molecular weight excluding hydrogens is 257 g/mol. The zero-order valence-corrected chi connectivity index (χ0v) is 10.5. The highest BCUT2D eigenvalue weighted by Crippen LogP contribution is 2.28. The lowest BCUT2D eigenvalue weighted by Crippen LogP contribution is -2.00. The van der Waals surface area contributed by atoms with Crippen molar-refractivity contribution in [3.8, 4) is 11.1 Å². The van der Waals surface area contributed by atoms with Crippen LogP contribution in [-0.2, 0) is 11.4 Å². The van der Waals surface area contributed by atoms with Crippen molar-refractivity contribution in [2.24, 2.45) is 5.90 Å². The van der Waals surface area contributed by atoms with Gasteiger partial charge in [0.25, 0.3) is 0 Å². The molecule has 0 amide bonds. The van der Waals surface area contributed by atoms with Crippen LogP contribution in [0.1, 0.15) is 5.56 Å². The molecule has 0 aromatic heterocycles. The Labute approximate surface area is 110 Å². The fourth-order valence-corrected chi connectivity index (χ4v) is 2.09. The predicted molar refractivity (Wildman–Crippen MR) is 70.9 cm³/mol. The highest BCUT2D eigenvalue weighted by molar-refractivity contribution is 6.31. The van der Waals surface area contributed by atoms with Crippen molar-refractivity contribution in [1.29, 1.82) is 0 Å². The summed E-state index contributed by atoms with van der Waals surface area (Å²) < 4.78 is 0. The Morgan fingerprint density at radius 3 is 2.47 bits per heavy atom. The van der Waals surface area contributed by atoms with Crippen molar-refractivity contribution in [3.63, 3.8) is 0 Å². The van der Waals surface area contributed by atoms with Crippen molar-refractivity contribution < 1.29 is 4.84 Å². The van der Waals surface area contributed by atoms with Crippen molar-refractivity contribution in [1.82, 2.24) is 0 Å². The van der Waals surface area contributed by atoms with Gasteiger partial charge in [-0.05, 0) is 41.0 Å².